The summed E-state index contributed by atoms with van der Waals surface area (Å²) in [5.74, 6) is 0.707. The summed E-state index contributed by atoms with van der Waals surface area (Å²) in [4.78, 5) is 0. The van der Waals surface area contributed by atoms with Gasteiger partial charge in [0.05, 0.1) is 18.8 Å². The molecule has 3 nitrogen and oxygen atoms in total. The van der Waals surface area contributed by atoms with Crippen LogP contribution in [0.5, 0.6) is 0 Å². The molecule has 2 fully saturated rings. The summed E-state index contributed by atoms with van der Waals surface area (Å²) in [7, 11) is 0. The van der Waals surface area contributed by atoms with Crippen molar-refractivity contribution in [1.82, 2.24) is 5.32 Å². The molecular weight excluding hydrogens is 238 g/mol. The number of rotatable bonds is 7. The average Bonchev–Trinajstić information content (AvgIpc) is 2.41. The molecule has 0 amide bonds. The second kappa shape index (κ2) is 7.05. The van der Waals surface area contributed by atoms with Gasteiger partial charge in [0.1, 0.15) is 0 Å². The van der Waals surface area contributed by atoms with E-state index in [1.807, 2.05) is 0 Å². The normalized spacial score (nSPS) is 31.7. The van der Waals surface area contributed by atoms with Gasteiger partial charge in [0.2, 0.25) is 0 Å². The molecular formula is C16H31NO2. The number of aliphatic hydroxyl groups is 1. The molecule has 0 aromatic heterocycles. The van der Waals surface area contributed by atoms with Crippen LogP contribution in [0.3, 0.4) is 0 Å². The van der Waals surface area contributed by atoms with Gasteiger partial charge >= 0.3 is 0 Å². The minimum absolute atomic E-state index is 0.276. The van der Waals surface area contributed by atoms with Gasteiger partial charge < -0.3 is 15.2 Å². The van der Waals surface area contributed by atoms with E-state index in [4.69, 9.17) is 4.74 Å². The van der Waals surface area contributed by atoms with Gasteiger partial charge in [-0.2, -0.15) is 0 Å². The number of β-amino-alcohol motifs (C(OH)–C–C–N with tert-alkyl or cyclic N) is 1. The van der Waals surface area contributed by atoms with Gasteiger partial charge in [-0.05, 0) is 44.9 Å². The van der Waals surface area contributed by atoms with Gasteiger partial charge in [-0.3, -0.25) is 0 Å². The van der Waals surface area contributed by atoms with Crippen molar-refractivity contribution >= 4 is 0 Å². The largest absolute Gasteiger partial charge is 0.389 e. The maximum atomic E-state index is 10.0. The molecule has 0 bridgehead atoms. The molecule has 0 heterocycles. The molecule has 3 atom stereocenters. The first-order valence-corrected chi connectivity index (χ1v) is 8.17. The van der Waals surface area contributed by atoms with Crippen LogP contribution in [0.1, 0.15) is 65.2 Å². The maximum absolute atomic E-state index is 10.0. The number of hydrogen-bond donors (Lipinski definition) is 2. The summed E-state index contributed by atoms with van der Waals surface area (Å²) in [5.41, 5.74) is 0.276. The molecule has 2 rings (SSSR count). The predicted octanol–water partition coefficient (Wildman–Crippen LogP) is 2.86. The van der Waals surface area contributed by atoms with Crippen molar-refractivity contribution in [2.24, 2.45) is 5.92 Å². The minimum atomic E-state index is -0.364. The van der Waals surface area contributed by atoms with E-state index in [1.165, 1.54) is 51.4 Å². The van der Waals surface area contributed by atoms with Gasteiger partial charge in [-0.15, -0.1) is 0 Å². The second-order valence-electron chi connectivity index (χ2n) is 6.77. The minimum Gasteiger partial charge on any atom is -0.389 e. The van der Waals surface area contributed by atoms with E-state index in [0.717, 1.165) is 0 Å². The van der Waals surface area contributed by atoms with Crippen LogP contribution in [0.25, 0.3) is 0 Å². The summed E-state index contributed by atoms with van der Waals surface area (Å²) < 4.78 is 5.98. The monoisotopic (exact) mass is 269 g/mol. The highest BCUT2D eigenvalue weighted by Crippen LogP contribution is 2.31. The zero-order valence-electron chi connectivity index (χ0n) is 12.7. The Morgan fingerprint density at radius 1 is 1.26 bits per heavy atom. The van der Waals surface area contributed by atoms with Crippen LogP contribution in [0.2, 0.25) is 0 Å². The summed E-state index contributed by atoms with van der Waals surface area (Å²) >= 11 is 0. The van der Waals surface area contributed by atoms with Crippen molar-refractivity contribution in [3.05, 3.63) is 0 Å². The Hall–Kier alpha value is -0.120. The summed E-state index contributed by atoms with van der Waals surface area (Å²) in [6.45, 7) is 5.66. The molecule has 0 aliphatic heterocycles. The van der Waals surface area contributed by atoms with Crippen LogP contribution in [-0.4, -0.2) is 36.0 Å². The van der Waals surface area contributed by atoms with E-state index in [2.05, 4.69) is 19.2 Å². The Balaban J connectivity index is 1.63. The van der Waals surface area contributed by atoms with Crippen LogP contribution in [-0.2, 0) is 4.74 Å². The van der Waals surface area contributed by atoms with Gasteiger partial charge in [-0.25, -0.2) is 0 Å². The quantitative estimate of drug-likeness (QED) is 0.747. The van der Waals surface area contributed by atoms with Crippen molar-refractivity contribution in [3.63, 3.8) is 0 Å². The van der Waals surface area contributed by atoms with Crippen molar-refractivity contribution in [3.8, 4) is 0 Å². The Morgan fingerprint density at radius 3 is 2.63 bits per heavy atom. The first-order valence-electron chi connectivity index (χ1n) is 8.17. The van der Waals surface area contributed by atoms with Crippen molar-refractivity contribution in [2.45, 2.75) is 83.0 Å². The third-order valence-electron chi connectivity index (χ3n) is 5.09. The number of ether oxygens (including phenoxy) is 1. The molecule has 0 spiro atoms. The Morgan fingerprint density at radius 2 is 2.00 bits per heavy atom. The van der Waals surface area contributed by atoms with E-state index in [9.17, 15) is 5.11 Å². The van der Waals surface area contributed by atoms with Crippen LogP contribution >= 0.6 is 0 Å². The molecule has 3 unspecified atom stereocenters. The fourth-order valence-corrected chi connectivity index (χ4v) is 3.40. The van der Waals surface area contributed by atoms with E-state index in [0.29, 0.717) is 25.2 Å². The lowest BCUT2D eigenvalue weighted by atomic mass is 9.78. The van der Waals surface area contributed by atoms with Crippen LogP contribution < -0.4 is 5.32 Å². The maximum Gasteiger partial charge on any atom is 0.0898 e. The third-order valence-corrected chi connectivity index (χ3v) is 5.09. The van der Waals surface area contributed by atoms with E-state index >= 15 is 0 Å². The standard InChI is InChI=1S/C16H31NO2/c1-3-13-7-4-5-8-15(13)19-12-14(18)11-17-16(2)9-6-10-16/h13-15,17-18H,3-12H2,1-2H3. The highest BCUT2D eigenvalue weighted by atomic mass is 16.5. The highest BCUT2D eigenvalue weighted by Gasteiger charge is 2.31. The lowest BCUT2D eigenvalue weighted by molar-refractivity contribution is -0.0519. The van der Waals surface area contributed by atoms with Crippen LogP contribution in [0.15, 0.2) is 0 Å². The lowest BCUT2D eigenvalue weighted by Gasteiger charge is -2.40. The van der Waals surface area contributed by atoms with E-state index in [-0.39, 0.29) is 11.6 Å². The van der Waals surface area contributed by atoms with E-state index in [1.54, 1.807) is 0 Å². The second-order valence-corrected chi connectivity index (χ2v) is 6.77. The molecule has 0 aromatic rings. The average molecular weight is 269 g/mol. The van der Waals surface area contributed by atoms with Crippen LogP contribution in [0.4, 0.5) is 0 Å². The molecule has 2 aliphatic carbocycles. The van der Waals surface area contributed by atoms with E-state index < -0.39 is 0 Å². The Kier molecular flexibility index (Phi) is 5.67. The molecule has 2 saturated carbocycles. The zero-order valence-corrected chi connectivity index (χ0v) is 12.7. The number of nitrogens with one attached hydrogen (secondary N) is 1. The van der Waals surface area contributed by atoms with Crippen molar-refractivity contribution < 1.29 is 9.84 Å². The smallest absolute Gasteiger partial charge is 0.0898 e. The molecule has 19 heavy (non-hydrogen) atoms. The number of aliphatic hydroxyl groups excluding tert-OH is 1. The van der Waals surface area contributed by atoms with Gasteiger partial charge in [-0.1, -0.05) is 26.2 Å². The van der Waals surface area contributed by atoms with Gasteiger partial charge in [0.15, 0.2) is 0 Å². The SMILES string of the molecule is CCC1CCCCC1OCC(O)CNC1(C)CCC1. The van der Waals surface area contributed by atoms with Crippen molar-refractivity contribution in [1.29, 1.82) is 0 Å². The Bertz CT molecular complexity index is 265. The first-order chi connectivity index (χ1) is 9.13. The van der Waals surface area contributed by atoms with Gasteiger partial charge in [0.25, 0.3) is 0 Å². The fraction of sp³-hybridized carbons (Fsp3) is 1.00. The topological polar surface area (TPSA) is 41.5 Å². The number of hydrogen-bond acceptors (Lipinski definition) is 3. The van der Waals surface area contributed by atoms with Crippen molar-refractivity contribution in [2.75, 3.05) is 13.2 Å². The van der Waals surface area contributed by atoms with Crippen LogP contribution in [0, 0.1) is 5.92 Å². The molecule has 0 radical (unpaired) electrons. The molecule has 2 aliphatic rings. The Labute approximate surface area is 118 Å². The first kappa shape index (κ1) is 15.3. The summed E-state index contributed by atoms with van der Waals surface area (Å²) in [6.07, 6.45) is 10.1. The molecule has 2 N–H and O–H groups in total. The van der Waals surface area contributed by atoms with Gasteiger partial charge in [0, 0.05) is 12.1 Å². The molecule has 0 aromatic carbocycles. The summed E-state index contributed by atoms with van der Waals surface area (Å²) in [5, 5.41) is 13.5. The fourth-order valence-electron chi connectivity index (χ4n) is 3.40. The lowest BCUT2D eigenvalue weighted by Crippen LogP contribution is -2.51. The molecule has 0 saturated heterocycles. The predicted molar refractivity (Wildman–Crippen MR) is 78.3 cm³/mol. The zero-order chi connectivity index (χ0) is 13.7. The third kappa shape index (κ3) is 4.44. The molecule has 112 valence electrons. The highest BCUT2D eigenvalue weighted by molar-refractivity contribution is 4.91. The molecule has 3 heteroatoms. The summed E-state index contributed by atoms with van der Waals surface area (Å²) in [6, 6.07) is 0.